The highest BCUT2D eigenvalue weighted by molar-refractivity contribution is 5.65. The van der Waals surface area contributed by atoms with Crippen LogP contribution in [0.2, 0.25) is 0 Å². The molecule has 1 aliphatic rings. The number of phenolic OH excluding ortho intramolecular Hbond substituents is 1. The van der Waals surface area contributed by atoms with Gasteiger partial charge in [-0.25, -0.2) is 0 Å². The first-order chi connectivity index (χ1) is 5.81. The molecular formula is C9H11NO2. The van der Waals surface area contributed by atoms with Gasteiger partial charge in [0.2, 0.25) is 0 Å². The Balaban J connectivity index is 2.35. The molecule has 1 aliphatic heterocycles. The van der Waals surface area contributed by atoms with Crippen molar-refractivity contribution in [2.24, 2.45) is 0 Å². The Kier molecular flexibility index (Phi) is 1.66. The quantitative estimate of drug-likeness (QED) is 0.537. The van der Waals surface area contributed by atoms with Gasteiger partial charge >= 0.3 is 0 Å². The number of aliphatic hydroxyl groups is 1. The Morgan fingerprint density at radius 3 is 3.00 bits per heavy atom. The molecule has 64 valence electrons. The Hall–Kier alpha value is -1.22. The average molecular weight is 165 g/mol. The van der Waals surface area contributed by atoms with Gasteiger partial charge in [-0.05, 0) is 18.1 Å². The summed E-state index contributed by atoms with van der Waals surface area (Å²) < 4.78 is 0. The molecule has 0 bridgehead atoms. The summed E-state index contributed by atoms with van der Waals surface area (Å²) in [6.45, 7) is 0.105. The minimum atomic E-state index is 0.0632. The molecule has 0 saturated carbocycles. The van der Waals surface area contributed by atoms with Crippen LogP contribution in [0.1, 0.15) is 5.56 Å². The summed E-state index contributed by atoms with van der Waals surface area (Å²) in [7, 11) is 0. The Morgan fingerprint density at radius 2 is 2.33 bits per heavy atom. The molecule has 0 radical (unpaired) electrons. The van der Waals surface area contributed by atoms with Crippen molar-refractivity contribution in [3.05, 3.63) is 23.8 Å². The molecule has 0 aromatic heterocycles. The van der Waals surface area contributed by atoms with E-state index in [4.69, 9.17) is 5.11 Å². The molecule has 3 heteroatoms. The SMILES string of the molecule is OCC1Cc2cccc(O)c2N1. The van der Waals surface area contributed by atoms with E-state index in [9.17, 15) is 5.11 Å². The maximum absolute atomic E-state index is 9.40. The molecule has 0 fully saturated rings. The largest absolute Gasteiger partial charge is 0.506 e. The lowest BCUT2D eigenvalue weighted by molar-refractivity contribution is 0.277. The van der Waals surface area contributed by atoms with Crippen LogP contribution in [0.3, 0.4) is 0 Å². The standard InChI is InChI=1S/C9H11NO2/c11-5-7-4-6-2-1-3-8(12)9(6)10-7/h1-3,7,10-12H,4-5H2. The monoisotopic (exact) mass is 165 g/mol. The van der Waals surface area contributed by atoms with Gasteiger partial charge < -0.3 is 15.5 Å². The first-order valence-electron chi connectivity index (χ1n) is 3.99. The fourth-order valence-electron chi connectivity index (χ4n) is 1.55. The third kappa shape index (κ3) is 1.02. The minimum Gasteiger partial charge on any atom is -0.506 e. The molecule has 0 saturated heterocycles. The van der Waals surface area contributed by atoms with E-state index < -0.39 is 0 Å². The summed E-state index contributed by atoms with van der Waals surface area (Å²) in [4.78, 5) is 0. The second-order valence-electron chi connectivity index (χ2n) is 3.04. The van der Waals surface area contributed by atoms with Crippen LogP contribution >= 0.6 is 0 Å². The molecule has 1 heterocycles. The number of anilines is 1. The molecule has 2 rings (SSSR count). The van der Waals surface area contributed by atoms with Crippen LogP contribution in [-0.2, 0) is 6.42 Å². The topological polar surface area (TPSA) is 52.5 Å². The number of aromatic hydroxyl groups is 1. The second-order valence-corrected chi connectivity index (χ2v) is 3.04. The highest BCUT2D eigenvalue weighted by Crippen LogP contribution is 2.33. The molecular weight excluding hydrogens is 154 g/mol. The number of hydrogen-bond acceptors (Lipinski definition) is 3. The Morgan fingerprint density at radius 1 is 1.50 bits per heavy atom. The molecule has 0 amide bonds. The Labute approximate surface area is 70.7 Å². The van der Waals surface area contributed by atoms with Gasteiger partial charge in [0.05, 0.1) is 18.3 Å². The van der Waals surface area contributed by atoms with Gasteiger partial charge in [-0.3, -0.25) is 0 Å². The van der Waals surface area contributed by atoms with Crippen LogP contribution in [0.4, 0.5) is 5.69 Å². The van der Waals surface area contributed by atoms with Gasteiger partial charge in [-0.1, -0.05) is 12.1 Å². The third-order valence-electron chi connectivity index (χ3n) is 2.16. The summed E-state index contributed by atoms with van der Waals surface area (Å²) in [6.07, 6.45) is 0.792. The number of rotatable bonds is 1. The van der Waals surface area contributed by atoms with Crippen LogP contribution in [0.15, 0.2) is 18.2 Å². The van der Waals surface area contributed by atoms with Gasteiger partial charge in [0.25, 0.3) is 0 Å². The van der Waals surface area contributed by atoms with E-state index in [2.05, 4.69) is 5.32 Å². The lowest BCUT2D eigenvalue weighted by atomic mass is 10.1. The summed E-state index contributed by atoms with van der Waals surface area (Å²) >= 11 is 0. The van der Waals surface area contributed by atoms with Gasteiger partial charge in [-0.15, -0.1) is 0 Å². The van der Waals surface area contributed by atoms with E-state index in [-0.39, 0.29) is 18.4 Å². The van der Waals surface area contributed by atoms with Crippen LogP contribution in [0, 0.1) is 0 Å². The number of hydrogen-bond donors (Lipinski definition) is 3. The van der Waals surface area contributed by atoms with Gasteiger partial charge in [0, 0.05) is 0 Å². The number of fused-ring (bicyclic) bond motifs is 1. The van der Waals surface area contributed by atoms with Crippen molar-refractivity contribution in [3.8, 4) is 5.75 Å². The predicted octanol–water partition coefficient (Wildman–Crippen LogP) is 0.721. The molecule has 1 aromatic carbocycles. The van der Waals surface area contributed by atoms with Gasteiger partial charge in [0.1, 0.15) is 5.75 Å². The third-order valence-corrected chi connectivity index (χ3v) is 2.16. The average Bonchev–Trinajstić information content (AvgIpc) is 2.49. The maximum atomic E-state index is 9.40. The molecule has 1 atom stereocenters. The zero-order valence-electron chi connectivity index (χ0n) is 6.62. The van der Waals surface area contributed by atoms with Crippen molar-refractivity contribution in [2.45, 2.75) is 12.5 Å². The number of benzene rings is 1. The molecule has 3 nitrogen and oxygen atoms in total. The van der Waals surface area contributed by atoms with Gasteiger partial charge in [0.15, 0.2) is 0 Å². The molecule has 0 aliphatic carbocycles. The highest BCUT2D eigenvalue weighted by atomic mass is 16.3. The van der Waals surface area contributed by atoms with Crippen LogP contribution < -0.4 is 5.32 Å². The molecule has 1 unspecified atom stereocenters. The second kappa shape index (κ2) is 2.68. The minimum absolute atomic E-state index is 0.0632. The normalized spacial score (nSPS) is 20.2. The van der Waals surface area contributed by atoms with Crippen LogP contribution in [0.25, 0.3) is 0 Å². The number of aliphatic hydroxyl groups excluding tert-OH is 1. The maximum Gasteiger partial charge on any atom is 0.138 e. The molecule has 12 heavy (non-hydrogen) atoms. The number of nitrogens with one attached hydrogen (secondary N) is 1. The van der Waals surface area contributed by atoms with Crippen molar-refractivity contribution in [1.82, 2.24) is 0 Å². The zero-order chi connectivity index (χ0) is 8.55. The molecule has 0 spiro atoms. The Bertz CT molecular complexity index is 299. The van der Waals surface area contributed by atoms with Crippen LogP contribution in [0.5, 0.6) is 5.75 Å². The van der Waals surface area contributed by atoms with E-state index in [1.807, 2.05) is 12.1 Å². The summed E-state index contributed by atoms with van der Waals surface area (Å²) in [5.41, 5.74) is 1.85. The van der Waals surface area contributed by atoms with Gasteiger partial charge in [-0.2, -0.15) is 0 Å². The summed E-state index contributed by atoms with van der Waals surface area (Å²) in [5, 5.41) is 21.3. The van der Waals surface area contributed by atoms with Crippen molar-refractivity contribution >= 4 is 5.69 Å². The summed E-state index contributed by atoms with van der Waals surface area (Å²) in [6, 6.07) is 5.48. The zero-order valence-corrected chi connectivity index (χ0v) is 6.62. The fourth-order valence-corrected chi connectivity index (χ4v) is 1.55. The lowest BCUT2D eigenvalue weighted by Gasteiger charge is -2.06. The molecule has 1 aromatic rings. The first-order valence-corrected chi connectivity index (χ1v) is 3.99. The van der Waals surface area contributed by atoms with E-state index in [1.165, 1.54) is 0 Å². The van der Waals surface area contributed by atoms with E-state index in [1.54, 1.807) is 6.07 Å². The fraction of sp³-hybridized carbons (Fsp3) is 0.333. The number of para-hydroxylation sites is 1. The number of phenols is 1. The first kappa shape index (κ1) is 7.43. The van der Waals surface area contributed by atoms with Crippen molar-refractivity contribution in [2.75, 3.05) is 11.9 Å². The van der Waals surface area contributed by atoms with Crippen molar-refractivity contribution in [3.63, 3.8) is 0 Å². The van der Waals surface area contributed by atoms with E-state index >= 15 is 0 Å². The lowest BCUT2D eigenvalue weighted by Crippen LogP contribution is -2.19. The smallest absolute Gasteiger partial charge is 0.138 e. The highest BCUT2D eigenvalue weighted by Gasteiger charge is 2.21. The van der Waals surface area contributed by atoms with E-state index in [0.717, 1.165) is 17.7 Å². The predicted molar refractivity (Wildman–Crippen MR) is 46.3 cm³/mol. The van der Waals surface area contributed by atoms with Crippen molar-refractivity contribution < 1.29 is 10.2 Å². The summed E-state index contributed by atoms with van der Waals surface area (Å²) in [5.74, 6) is 0.267. The molecule has 3 N–H and O–H groups in total. The van der Waals surface area contributed by atoms with Crippen LogP contribution in [-0.4, -0.2) is 22.9 Å². The van der Waals surface area contributed by atoms with Crippen molar-refractivity contribution in [1.29, 1.82) is 0 Å². The van der Waals surface area contributed by atoms with E-state index in [0.29, 0.717) is 0 Å².